The summed E-state index contributed by atoms with van der Waals surface area (Å²) in [6, 6.07) is 15.5. The Hall–Kier alpha value is -3.08. The number of fused-ring (bicyclic) bond motifs is 1. The van der Waals surface area contributed by atoms with Crippen molar-refractivity contribution in [2.75, 3.05) is 6.79 Å². The third-order valence-electron chi connectivity index (χ3n) is 3.84. The number of carbonyl (C=O) groups is 1. The molecule has 0 saturated carbocycles. The predicted octanol–water partition coefficient (Wildman–Crippen LogP) is 3.34. The Labute approximate surface area is 139 Å². The maximum Gasteiger partial charge on any atom is 0.363 e. The number of rotatable bonds is 4. The van der Waals surface area contributed by atoms with E-state index >= 15 is 0 Å². The van der Waals surface area contributed by atoms with Crippen LogP contribution >= 0.6 is 0 Å². The van der Waals surface area contributed by atoms with Gasteiger partial charge in [-0.25, -0.2) is 9.79 Å². The fraction of sp³-hybridized carbons (Fsp3) is 0.158. The van der Waals surface area contributed by atoms with Crippen molar-refractivity contribution in [2.45, 2.75) is 12.8 Å². The second kappa shape index (κ2) is 6.20. The van der Waals surface area contributed by atoms with Gasteiger partial charge in [0.25, 0.3) is 0 Å². The number of hydrogen-bond donors (Lipinski definition) is 0. The van der Waals surface area contributed by atoms with E-state index < -0.39 is 5.97 Å². The molecule has 5 nitrogen and oxygen atoms in total. The molecule has 0 atom stereocenters. The highest BCUT2D eigenvalue weighted by Gasteiger charge is 2.23. The largest absolute Gasteiger partial charge is 0.454 e. The molecule has 4 rings (SSSR count). The Balaban J connectivity index is 1.49. The smallest absolute Gasteiger partial charge is 0.363 e. The highest BCUT2D eigenvalue weighted by atomic mass is 16.7. The van der Waals surface area contributed by atoms with Crippen LogP contribution in [0.5, 0.6) is 11.5 Å². The summed E-state index contributed by atoms with van der Waals surface area (Å²) >= 11 is 0. The lowest BCUT2D eigenvalue weighted by atomic mass is 10.1. The summed E-state index contributed by atoms with van der Waals surface area (Å²) in [5.41, 5.74) is 2.31. The highest BCUT2D eigenvalue weighted by molar-refractivity contribution is 6.07. The van der Waals surface area contributed by atoms with Gasteiger partial charge in [0.05, 0.1) is 0 Å². The zero-order chi connectivity index (χ0) is 16.4. The number of benzene rings is 2. The van der Waals surface area contributed by atoms with Gasteiger partial charge in [-0.05, 0) is 35.8 Å². The summed E-state index contributed by atoms with van der Waals surface area (Å²) < 4.78 is 15.9. The van der Waals surface area contributed by atoms with Crippen molar-refractivity contribution in [1.82, 2.24) is 0 Å². The summed E-state index contributed by atoms with van der Waals surface area (Å²) in [6.07, 6.45) is 3.07. The van der Waals surface area contributed by atoms with Crippen molar-refractivity contribution >= 4 is 17.9 Å². The van der Waals surface area contributed by atoms with Gasteiger partial charge in [0.1, 0.15) is 0 Å². The minimum Gasteiger partial charge on any atom is -0.454 e. The minimum absolute atomic E-state index is 0.221. The summed E-state index contributed by atoms with van der Waals surface area (Å²) in [6.45, 7) is 0.221. The Morgan fingerprint density at radius 1 is 1.00 bits per heavy atom. The number of aliphatic imine (C=N–C) groups is 1. The molecule has 0 N–H and O–H groups in total. The molecule has 2 aromatic rings. The van der Waals surface area contributed by atoms with Crippen LogP contribution in [0.2, 0.25) is 0 Å². The maximum absolute atomic E-state index is 12.0. The summed E-state index contributed by atoms with van der Waals surface area (Å²) in [5, 5.41) is 0. The molecule has 0 saturated heterocycles. The van der Waals surface area contributed by atoms with E-state index in [1.165, 1.54) is 5.56 Å². The number of nitrogens with zero attached hydrogens (tertiary/aromatic N) is 1. The average molecular weight is 321 g/mol. The maximum atomic E-state index is 12.0. The number of hydrogen-bond acceptors (Lipinski definition) is 5. The van der Waals surface area contributed by atoms with Crippen molar-refractivity contribution in [1.29, 1.82) is 0 Å². The zero-order valence-corrected chi connectivity index (χ0v) is 12.9. The molecule has 0 aliphatic carbocycles. The summed E-state index contributed by atoms with van der Waals surface area (Å²) in [7, 11) is 0. The number of esters is 1. The average Bonchev–Trinajstić information content (AvgIpc) is 3.20. The van der Waals surface area contributed by atoms with E-state index in [9.17, 15) is 4.79 Å². The van der Waals surface area contributed by atoms with Gasteiger partial charge in [0, 0.05) is 6.42 Å². The molecule has 24 heavy (non-hydrogen) atoms. The quantitative estimate of drug-likeness (QED) is 0.640. The monoisotopic (exact) mass is 321 g/mol. The Morgan fingerprint density at radius 3 is 2.71 bits per heavy atom. The molecule has 2 aromatic carbocycles. The van der Waals surface area contributed by atoms with Gasteiger partial charge in [0.2, 0.25) is 6.79 Å². The lowest BCUT2D eigenvalue weighted by Crippen LogP contribution is -2.05. The molecule has 2 aliphatic heterocycles. The van der Waals surface area contributed by atoms with E-state index in [1.807, 2.05) is 48.5 Å². The van der Waals surface area contributed by atoms with Crippen LogP contribution in [-0.4, -0.2) is 18.7 Å². The number of aryl methyl sites for hydroxylation is 1. The van der Waals surface area contributed by atoms with Crippen LogP contribution in [0.4, 0.5) is 0 Å². The molecule has 0 unspecified atom stereocenters. The van der Waals surface area contributed by atoms with E-state index in [1.54, 1.807) is 6.08 Å². The fourth-order valence-electron chi connectivity index (χ4n) is 2.62. The van der Waals surface area contributed by atoms with Crippen LogP contribution in [0.3, 0.4) is 0 Å². The molecule has 120 valence electrons. The Morgan fingerprint density at radius 2 is 1.83 bits per heavy atom. The van der Waals surface area contributed by atoms with Gasteiger partial charge in [-0.15, -0.1) is 0 Å². The van der Waals surface area contributed by atoms with Crippen molar-refractivity contribution in [3.05, 3.63) is 65.4 Å². The Bertz CT molecular complexity index is 840. The van der Waals surface area contributed by atoms with Gasteiger partial charge in [-0.1, -0.05) is 36.4 Å². The van der Waals surface area contributed by atoms with Gasteiger partial charge in [0.15, 0.2) is 23.1 Å². The molecule has 0 bridgehead atoms. The summed E-state index contributed by atoms with van der Waals surface area (Å²) in [4.78, 5) is 16.3. The van der Waals surface area contributed by atoms with Crippen molar-refractivity contribution in [3.8, 4) is 11.5 Å². The van der Waals surface area contributed by atoms with Crippen LogP contribution < -0.4 is 9.47 Å². The molecule has 2 aliphatic rings. The molecular formula is C19H15NO4. The van der Waals surface area contributed by atoms with Crippen molar-refractivity contribution < 1.29 is 19.0 Å². The van der Waals surface area contributed by atoms with Crippen molar-refractivity contribution in [2.24, 2.45) is 4.99 Å². The molecule has 2 heterocycles. The van der Waals surface area contributed by atoms with E-state index in [2.05, 4.69) is 4.99 Å². The molecule has 0 spiro atoms. The number of cyclic esters (lactones) is 1. The van der Waals surface area contributed by atoms with Crippen LogP contribution in [0.25, 0.3) is 6.08 Å². The van der Waals surface area contributed by atoms with Crippen molar-refractivity contribution in [3.63, 3.8) is 0 Å². The lowest BCUT2D eigenvalue weighted by Gasteiger charge is -1.99. The minimum atomic E-state index is -0.421. The van der Waals surface area contributed by atoms with Crippen LogP contribution in [0.1, 0.15) is 17.5 Å². The summed E-state index contributed by atoms with van der Waals surface area (Å²) in [5.74, 6) is 1.41. The fourth-order valence-corrected chi connectivity index (χ4v) is 2.62. The first-order valence-electron chi connectivity index (χ1n) is 7.73. The first kappa shape index (κ1) is 14.5. The van der Waals surface area contributed by atoms with Gasteiger partial charge < -0.3 is 14.2 Å². The third kappa shape index (κ3) is 3.01. The second-order valence-corrected chi connectivity index (χ2v) is 5.52. The zero-order valence-electron chi connectivity index (χ0n) is 12.9. The lowest BCUT2D eigenvalue weighted by molar-refractivity contribution is -0.130. The van der Waals surface area contributed by atoms with E-state index in [0.29, 0.717) is 29.5 Å². The van der Waals surface area contributed by atoms with E-state index in [4.69, 9.17) is 14.2 Å². The second-order valence-electron chi connectivity index (χ2n) is 5.52. The Kier molecular flexibility index (Phi) is 3.75. The molecule has 0 fully saturated rings. The standard InChI is InChI=1S/C19H15NO4/c21-19-15(10-14-6-8-16-17(11-14)23-12-22-16)20-18(24-19)9-7-13-4-2-1-3-5-13/h1-6,8,10-11H,7,9,12H2/b15-10+. The van der Waals surface area contributed by atoms with E-state index in [0.717, 1.165) is 12.0 Å². The predicted molar refractivity (Wildman–Crippen MR) is 88.8 cm³/mol. The van der Waals surface area contributed by atoms with Crippen LogP contribution in [0, 0.1) is 0 Å². The van der Waals surface area contributed by atoms with Gasteiger partial charge >= 0.3 is 5.97 Å². The van der Waals surface area contributed by atoms with Gasteiger partial charge in [-0.3, -0.25) is 0 Å². The topological polar surface area (TPSA) is 57.1 Å². The van der Waals surface area contributed by atoms with Gasteiger partial charge in [-0.2, -0.15) is 0 Å². The molecule has 0 amide bonds. The first-order chi connectivity index (χ1) is 11.8. The molecular weight excluding hydrogens is 306 g/mol. The number of ether oxygens (including phenoxy) is 3. The molecule has 0 radical (unpaired) electrons. The molecule has 0 aromatic heterocycles. The first-order valence-corrected chi connectivity index (χ1v) is 7.73. The third-order valence-corrected chi connectivity index (χ3v) is 3.84. The SMILES string of the molecule is O=C1OC(CCc2ccccc2)=N/C1=C/c1ccc2c(c1)OCO2. The van der Waals surface area contributed by atoms with Crippen LogP contribution in [-0.2, 0) is 16.0 Å². The van der Waals surface area contributed by atoms with Crippen LogP contribution in [0.15, 0.2) is 59.2 Å². The highest BCUT2D eigenvalue weighted by Crippen LogP contribution is 2.33. The van der Waals surface area contributed by atoms with E-state index in [-0.39, 0.29) is 6.79 Å². The number of carbonyl (C=O) groups excluding carboxylic acids is 1. The normalized spacial score (nSPS) is 17.1. The molecule has 5 heteroatoms.